The summed E-state index contributed by atoms with van der Waals surface area (Å²) in [5.41, 5.74) is 2.10. The molecule has 4 rings (SSSR count). The van der Waals surface area contributed by atoms with Gasteiger partial charge in [0.15, 0.2) is 0 Å². The van der Waals surface area contributed by atoms with E-state index >= 15 is 0 Å². The zero-order chi connectivity index (χ0) is 17.8. The van der Waals surface area contributed by atoms with Gasteiger partial charge in [0.2, 0.25) is 0 Å². The van der Waals surface area contributed by atoms with E-state index in [1.165, 1.54) is 0 Å². The van der Waals surface area contributed by atoms with Crippen LogP contribution in [0.25, 0.3) is 16.7 Å². The number of anilines is 1. The molecule has 2 aromatic heterocycles. The van der Waals surface area contributed by atoms with Crippen LogP contribution in [0.3, 0.4) is 0 Å². The summed E-state index contributed by atoms with van der Waals surface area (Å²) in [6, 6.07) is 12.2. The number of aliphatic hydroxyl groups excluding tert-OH is 1. The van der Waals surface area contributed by atoms with Crippen LogP contribution in [0.1, 0.15) is 12.8 Å². The molecular formula is C20H24N4O2. The summed E-state index contributed by atoms with van der Waals surface area (Å²) in [5, 5.41) is 16.6. The van der Waals surface area contributed by atoms with E-state index in [-0.39, 0.29) is 12.7 Å². The summed E-state index contributed by atoms with van der Waals surface area (Å²) in [6.07, 6.45) is 6.19. The molecule has 136 valence electrons. The SMILES string of the molecule is OCCNc1ccc2c(ccn2-c2ccc(OC3CCNCC3)cn2)c1. The van der Waals surface area contributed by atoms with E-state index in [4.69, 9.17) is 9.84 Å². The summed E-state index contributed by atoms with van der Waals surface area (Å²) < 4.78 is 8.10. The normalized spacial score (nSPS) is 15.3. The lowest BCUT2D eigenvalue weighted by Gasteiger charge is -2.23. The molecule has 3 N–H and O–H groups in total. The zero-order valence-electron chi connectivity index (χ0n) is 14.7. The van der Waals surface area contributed by atoms with Crippen molar-refractivity contribution >= 4 is 16.6 Å². The molecule has 0 aliphatic carbocycles. The van der Waals surface area contributed by atoms with Gasteiger partial charge in [-0.3, -0.25) is 0 Å². The number of rotatable bonds is 6. The van der Waals surface area contributed by atoms with Crippen LogP contribution in [0.4, 0.5) is 5.69 Å². The van der Waals surface area contributed by atoms with Crippen LogP contribution in [0.2, 0.25) is 0 Å². The van der Waals surface area contributed by atoms with Gasteiger partial charge in [-0.1, -0.05) is 0 Å². The Kier molecular flexibility index (Phi) is 5.04. The second-order valence-electron chi connectivity index (χ2n) is 6.53. The number of aromatic nitrogens is 2. The lowest BCUT2D eigenvalue weighted by atomic mass is 10.1. The highest BCUT2D eigenvalue weighted by Crippen LogP contribution is 2.24. The van der Waals surface area contributed by atoms with Crippen LogP contribution in [0.5, 0.6) is 5.75 Å². The van der Waals surface area contributed by atoms with Crippen molar-refractivity contribution in [2.24, 2.45) is 0 Å². The molecule has 0 bridgehead atoms. The highest BCUT2D eigenvalue weighted by Gasteiger charge is 2.14. The van der Waals surface area contributed by atoms with Gasteiger partial charge in [0, 0.05) is 23.8 Å². The van der Waals surface area contributed by atoms with Gasteiger partial charge in [0.25, 0.3) is 0 Å². The third-order valence-electron chi connectivity index (χ3n) is 4.69. The van der Waals surface area contributed by atoms with Crippen LogP contribution < -0.4 is 15.4 Å². The van der Waals surface area contributed by atoms with Crippen molar-refractivity contribution in [3.8, 4) is 11.6 Å². The van der Waals surface area contributed by atoms with Crippen molar-refractivity contribution in [1.82, 2.24) is 14.9 Å². The predicted molar refractivity (Wildman–Crippen MR) is 103 cm³/mol. The second-order valence-corrected chi connectivity index (χ2v) is 6.53. The first kappa shape index (κ1) is 16.9. The fourth-order valence-electron chi connectivity index (χ4n) is 3.34. The van der Waals surface area contributed by atoms with Crippen LogP contribution in [0, 0.1) is 0 Å². The number of hydrogen-bond acceptors (Lipinski definition) is 5. The number of nitrogens with zero attached hydrogens (tertiary/aromatic N) is 2. The third-order valence-corrected chi connectivity index (χ3v) is 4.69. The molecule has 0 unspecified atom stereocenters. The molecule has 0 amide bonds. The number of ether oxygens (including phenoxy) is 1. The minimum absolute atomic E-state index is 0.120. The van der Waals surface area contributed by atoms with E-state index in [9.17, 15) is 0 Å². The average molecular weight is 352 g/mol. The summed E-state index contributed by atoms with van der Waals surface area (Å²) in [7, 11) is 0. The van der Waals surface area contributed by atoms with E-state index in [2.05, 4.69) is 38.4 Å². The van der Waals surface area contributed by atoms with Gasteiger partial charge in [-0.15, -0.1) is 0 Å². The lowest BCUT2D eigenvalue weighted by Crippen LogP contribution is -2.34. The Balaban J connectivity index is 1.51. The molecule has 1 aliphatic heterocycles. The van der Waals surface area contributed by atoms with E-state index in [0.717, 1.165) is 54.1 Å². The van der Waals surface area contributed by atoms with E-state index in [0.29, 0.717) is 6.54 Å². The number of aliphatic hydroxyl groups is 1. The van der Waals surface area contributed by atoms with Crippen LogP contribution in [-0.4, -0.2) is 47.0 Å². The van der Waals surface area contributed by atoms with Gasteiger partial charge in [-0.2, -0.15) is 0 Å². The van der Waals surface area contributed by atoms with Gasteiger partial charge in [0.1, 0.15) is 17.7 Å². The molecule has 26 heavy (non-hydrogen) atoms. The minimum Gasteiger partial charge on any atom is -0.489 e. The molecule has 1 saturated heterocycles. The summed E-state index contributed by atoms with van der Waals surface area (Å²) in [6.45, 7) is 2.70. The third kappa shape index (κ3) is 3.66. The smallest absolute Gasteiger partial charge is 0.138 e. The summed E-state index contributed by atoms with van der Waals surface area (Å²) >= 11 is 0. The maximum atomic E-state index is 8.93. The first-order valence-corrected chi connectivity index (χ1v) is 9.13. The number of piperidine rings is 1. The first-order valence-electron chi connectivity index (χ1n) is 9.13. The Morgan fingerprint density at radius 2 is 2.08 bits per heavy atom. The predicted octanol–water partition coefficient (Wildman–Crippen LogP) is 2.56. The molecule has 1 aliphatic rings. The van der Waals surface area contributed by atoms with Crippen molar-refractivity contribution in [1.29, 1.82) is 0 Å². The molecule has 6 nitrogen and oxygen atoms in total. The molecule has 1 fully saturated rings. The van der Waals surface area contributed by atoms with Gasteiger partial charge >= 0.3 is 0 Å². The molecule has 3 heterocycles. The molecule has 6 heteroatoms. The van der Waals surface area contributed by atoms with E-state index in [1.54, 1.807) is 6.20 Å². The highest BCUT2D eigenvalue weighted by molar-refractivity contribution is 5.85. The molecule has 0 radical (unpaired) electrons. The molecule has 3 aromatic rings. The Morgan fingerprint density at radius 1 is 1.19 bits per heavy atom. The van der Waals surface area contributed by atoms with Crippen LogP contribution in [0.15, 0.2) is 48.8 Å². The number of pyridine rings is 1. The topological polar surface area (TPSA) is 71.3 Å². The molecule has 0 atom stereocenters. The number of hydrogen-bond donors (Lipinski definition) is 3. The average Bonchev–Trinajstić information content (AvgIpc) is 3.11. The van der Waals surface area contributed by atoms with Crippen molar-refractivity contribution in [3.63, 3.8) is 0 Å². The van der Waals surface area contributed by atoms with Gasteiger partial charge in [-0.05, 0) is 62.3 Å². The minimum atomic E-state index is 0.120. The first-order chi connectivity index (χ1) is 12.8. The van der Waals surface area contributed by atoms with Crippen molar-refractivity contribution in [2.75, 3.05) is 31.6 Å². The maximum absolute atomic E-state index is 8.93. The monoisotopic (exact) mass is 352 g/mol. The van der Waals surface area contributed by atoms with Gasteiger partial charge < -0.3 is 25.0 Å². The number of nitrogens with one attached hydrogen (secondary N) is 2. The van der Waals surface area contributed by atoms with E-state index in [1.807, 2.05) is 24.4 Å². The van der Waals surface area contributed by atoms with Gasteiger partial charge in [0.05, 0.1) is 18.3 Å². The van der Waals surface area contributed by atoms with Crippen LogP contribution >= 0.6 is 0 Å². The van der Waals surface area contributed by atoms with Gasteiger partial charge in [-0.25, -0.2) is 4.98 Å². The quantitative estimate of drug-likeness (QED) is 0.636. The standard InChI is InChI=1S/C20H24N4O2/c25-12-10-22-16-1-3-19-15(13-16)7-11-24(19)20-4-2-18(14-23-20)26-17-5-8-21-9-6-17/h1-4,7,11,13-14,17,21-22,25H,5-6,8-10,12H2. The Hall–Kier alpha value is -2.57. The lowest BCUT2D eigenvalue weighted by molar-refractivity contribution is 0.162. The van der Waals surface area contributed by atoms with E-state index < -0.39 is 0 Å². The number of benzene rings is 1. The summed E-state index contributed by atoms with van der Waals surface area (Å²) in [5.74, 6) is 1.70. The van der Waals surface area contributed by atoms with Crippen molar-refractivity contribution in [3.05, 3.63) is 48.8 Å². The zero-order valence-corrected chi connectivity index (χ0v) is 14.7. The largest absolute Gasteiger partial charge is 0.489 e. The van der Waals surface area contributed by atoms with Crippen molar-refractivity contribution < 1.29 is 9.84 Å². The fraction of sp³-hybridized carbons (Fsp3) is 0.350. The molecular weight excluding hydrogens is 328 g/mol. The second kappa shape index (κ2) is 7.76. The summed E-state index contributed by atoms with van der Waals surface area (Å²) in [4.78, 5) is 4.58. The fourth-order valence-corrected chi connectivity index (χ4v) is 3.34. The molecule has 0 saturated carbocycles. The van der Waals surface area contributed by atoms with Crippen molar-refractivity contribution in [2.45, 2.75) is 18.9 Å². The Labute approximate surface area is 152 Å². The molecule has 0 spiro atoms. The van der Waals surface area contributed by atoms with Crippen LogP contribution in [-0.2, 0) is 0 Å². The maximum Gasteiger partial charge on any atom is 0.138 e. The number of fused-ring (bicyclic) bond motifs is 1. The molecule has 1 aromatic carbocycles. The highest BCUT2D eigenvalue weighted by atomic mass is 16.5. The Bertz CT molecular complexity index is 854. The Morgan fingerprint density at radius 3 is 2.85 bits per heavy atom.